The van der Waals surface area contributed by atoms with Gasteiger partial charge in [0.15, 0.2) is 11.5 Å². The molecule has 1 fully saturated rings. The van der Waals surface area contributed by atoms with Crippen LogP contribution in [0.4, 0.5) is 0 Å². The molecule has 132 valence electrons. The minimum absolute atomic E-state index is 0.0699. The van der Waals surface area contributed by atoms with Gasteiger partial charge in [-0.1, -0.05) is 13.8 Å². The lowest BCUT2D eigenvalue weighted by molar-refractivity contribution is -0.151. The molecule has 2 heterocycles. The van der Waals surface area contributed by atoms with E-state index in [0.29, 0.717) is 30.4 Å². The van der Waals surface area contributed by atoms with E-state index in [2.05, 4.69) is 13.8 Å². The van der Waals surface area contributed by atoms with Crippen molar-refractivity contribution in [1.29, 1.82) is 0 Å². The van der Waals surface area contributed by atoms with Crippen molar-refractivity contribution >= 4 is 5.91 Å². The van der Waals surface area contributed by atoms with Crippen LogP contribution in [0.1, 0.15) is 43.9 Å². The fourth-order valence-electron chi connectivity index (χ4n) is 4.08. The number of carbonyl (C=O) groups is 1. The van der Waals surface area contributed by atoms with Crippen LogP contribution in [0.3, 0.4) is 0 Å². The summed E-state index contributed by atoms with van der Waals surface area (Å²) in [4.78, 5) is 14.9. The third-order valence-corrected chi connectivity index (χ3v) is 5.26. The SMILES string of the molecule is COc1cc2c(cc1OC)[C@@H]1C[C@H](O)[C@@H](CC(C)C)C(=O)N1CC2. The third-order valence-electron chi connectivity index (χ3n) is 5.26. The highest BCUT2D eigenvalue weighted by Crippen LogP contribution is 2.44. The Kier molecular flexibility index (Phi) is 4.72. The summed E-state index contributed by atoms with van der Waals surface area (Å²) >= 11 is 0. The lowest BCUT2D eigenvalue weighted by Gasteiger charge is -2.45. The van der Waals surface area contributed by atoms with E-state index in [9.17, 15) is 9.90 Å². The van der Waals surface area contributed by atoms with E-state index >= 15 is 0 Å². The van der Waals surface area contributed by atoms with Gasteiger partial charge in [-0.15, -0.1) is 0 Å². The predicted octanol–water partition coefficient (Wildman–Crippen LogP) is 2.56. The summed E-state index contributed by atoms with van der Waals surface area (Å²) in [5, 5.41) is 10.6. The van der Waals surface area contributed by atoms with Gasteiger partial charge < -0.3 is 19.5 Å². The Hall–Kier alpha value is -1.75. The molecule has 24 heavy (non-hydrogen) atoms. The zero-order valence-corrected chi connectivity index (χ0v) is 14.9. The number of rotatable bonds is 4. The molecule has 1 aromatic carbocycles. The number of aliphatic hydroxyl groups excluding tert-OH is 1. The first-order valence-electron chi connectivity index (χ1n) is 8.69. The zero-order chi connectivity index (χ0) is 17.4. The first-order chi connectivity index (χ1) is 11.5. The van der Waals surface area contributed by atoms with Gasteiger partial charge in [-0.05, 0) is 48.4 Å². The van der Waals surface area contributed by atoms with Crippen molar-refractivity contribution in [2.45, 2.75) is 45.3 Å². The van der Waals surface area contributed by atoms with Crippen LogP contribution in [0, 0.1) is 11.8 Å². The van der Waals surface area contributed by atoms with E-state index in [0.717, 1.165) is 18.4 Å². The Balaban J connectivity index is 1.94. The molecule has 0 aromatic heterocycles. The van der Waals surface area contributed by atoms with Crippen molar-refractivity contribution in [2.24, 2.45) is 11.8 Å². The van der Waals surface area contributed by atoms with Crippen LogP contribution >= 0.6 is 0 Å². The number of aliphatic hydroxyl groups is 1. The zero-order valence-electron chi connectivity index (χ0n) is 14.9. The number of amides is 1. The standard InChI is InChI=1S/C19H27NO4/c1-11(2)7-14-16(21)10-15-13-9-18(24-4)17(23-3)8-12(13)5-6-20(15)19(14)22/h8-9,11,14-16,21H,5-7,10H2,1-4H3/t14-,15+,16+/m1/s1. The fraction of sp³-hybridized carbons (Fsp3) is 0.632. The molecule has 1 amide bonds. The minimum atomic E-state index is -0.583. The Morgan fingerprint density at radius 2 is 1.92 bits per heavy atom. The van der Waals surface area contributed by atoms with Gasteiger partial charge in [-0.25, -0.2) is 0 Å². The predicted molar refractivity (Wildman–Crippen MR) is 91.3 cm³/mol. The number of hydrogen-bond donors (Lipinski definition) is 1. The molecule has 0 saturated carbocycles. The quantitative estimate of drug-likeness (QED) is 0.920. The Labute approximate surface area is 143 Å². The fourth-order valence-corrected chi connectivity index (χ4v) is 4.08. The lowest BCUT2D eigenvalue weighted by Crippen LogP contribution is -2.52. The number of hydrogen-bond acceptors (Lipinski definition) is 4. The van der Waals surface area contributed by atoms with Gasteiger partial charge in [0.25, 0.3) is 0 Å². The first kappa shape index (κ1) is 17.1. The summed E-state index contributed by atoms with van der Waals surface area (Å²) in [6, 6.07) is 3.90. The molecule has 0 aliphatic carbocycles. The van der Waals surface area contributed by atoms with E-state index in [1.54, 1.807) is 14.2 Å². The Morgan fingerprint density at radius 3 is 2.54 bits per heavy atom. The normalized spacial score (nSPS) is 26.2. The summed E-state index contributed by atoms with van der Waals surface area (Å²) in [5.74, 6) is 1.59. The van der Waals surface area contributed by atoms with Gasteiger partial charge in [0.2, 0.25) is 5.91 Å². The smallest absolute Gasteiger partial charge is 0.228 e. The maximum atomic E-state index is 12.9. The van der Waals surface area contributed by atoms with E-state index in [1.807, 2.05) is 17.0 Å². The van der Waals surface area contributed by atoms with E-state index in [4.69, 9.17) is 9.47 Å². The largest absolute Gasteiger partial charge is 0.493 e. The van der Waals surface area contributed by atoms with Gasteiger partial charge in [0.05, 0.1) is 32.3 Å². The molecule has 0 unspecified atom stereocenters. The van der Waals surface area contributed by atoms with Crippen molar-refractivity contribution in [2.75, 3.05) is 20.8 Å². The highest BCUT2D eigenvalue weighted by Gasteiger charge is 2.44. The number of benzene rings is 1. The van der Waals surface area contributed by atoms with Crippen LogP contribution in [0.2, 0.25) is 0 Å². The number of nitrogens with zero attached hydrogens (tertiary/aromatic N) is 1. The van der Waals surface area contributed by atoms with Crippen LogP contribution in [-0.4, -0.2) is 42.8 Å². The Morgan fingerprint density at radius 1 is 1.25 bits per heavy atom. The van der Waals surface area contributed by atoms with Gasteiger partial charge in [0.1, 0.15) is 0 Å². The van der Waals surface area contributed by atoms with Crippen molar-refractivity contribution in [3.63, 3.8) is 0 Å². The molecule has 5 heteroatoms. The second-order valence-corrected chi connectivity index (χ2v) is 7.24. The molecular formula is C19H27NO4. The monoisotopic (exact) mass is 333 g/mol. The average molecular weight is 333 g/mol. The van der Waals surface area contributed by atoms with Crippen LogP contribution in [0.5, 0.6) is 11.5 Å². The number of ether oxygens (including phenoxy) is 2. The molecule has 5 nitrogen and oxygen atoms in total. The van der Waals surface area contributed by atoms with Crippen LogP contribution in [0.25, 0.3) is 0 Å². The van der Waals surface area contributed by atoms with E-state index < -0.39 is 6.10 Å². The second-order valence-electron chi connectivity index (χ2n) is 7.24. The molecule has 2 aliphatic heterocycles. The molecule has 3 rings (SSSR count). The molecule has 0 radical (unpaired) electrons. The van der Waals surface area contributed by atoms with Gasteiger partial charge in [-0.2, -0.15) is 0 Å². The number of fused-ring (bicyclic) bond motifs is 3. The molecule has 0 bridgehead atoms. The topological polar surface area (TPSA) is 59.0 Å². The van der Waals surface area contributed by atoms with E-state index in [1.165, 1.54) is 5.56 Å². The Bertz CT molecular complexity index is 628. The highest BCUT2D eigenvalue weighted by molar-refractivity contribution is 5.81. The lowest BCUT2D eigenvalue weighted by atomic mass is 9.78. The molecule has 1 N–H and O–H groups in total. The minimum Gasteiger partial charge on any atom is -0.493 e. The molecule has 2 aliphatic rings. The van der Waals surface area contributed by atoms with Crippen LogP contribution < -0.4 is 9.47 Å². The molecular weight excluding hydrogens is 306 g/mol. The number of methoxy groups -OCH3 is 2. The van der Waals surface area contributed by atoms with Crippen LogP contribution in [-0.2, 0) is 11.2 Å². The van der Waals surface area contributed by atoms with Crippen molar-refractivity contribution in [1.82, 2.24) is 4.90 Å². The summed E-state index contributed by atoms with van der Waals surface area (Å²) in [6.45, 7) is 4.89. The van der Waals surface area contributed by atoms with Crippen molar-refractivity contribution in [3.8, 4) is 11.5 Å². The summed E-state index contributed by atoms with van der Waals surface area (Å²) in [7, 11) is 3.24. The molecule has 0 spiro atoms. The van der Waals surface area contributed by atoms with Gasteiger partial charge in [-0.3, -0.25) is 4.79 Å². The maximum absolute atomic E-state index is 12.9. The molecule has 3 atom stereocenters. The maximum Gasteiger partial charge on any atom is 0.228 e. The third kappa shape index (κ3) is 2.86. The summed E-state index contributed by atoms with van der Waals surface area (Å²) in [6.07, 6.45) is 1.55. The first-order valence-corrected chi connectivity index (χ1v) is 8.69. The van der Waals surface area contributed by atoms with Crippen molar-refractivity contribution < 1.29 is 19.4 Å². The van der Waals surface area contributed by atoms with Crippen molar-refractivity contribution in [3.05, 3.63) is 23.3 Å². The highest BCUT2D eigenvalue weighted by atomic mass is 16.5. The molecule has 1 saturated heterocycles. The van der Waals surface area contributed by atoms with Gasteiger partial charge >= 0.3 is 0 Å². The number of piperidine rings is 1. The number of carbonyl (C=O) groups excluding carboxylic acids is 1. The average Bonchev–Trinajstić information content (AvgIpc) is 2.56. The van der Waals surface area contributed by atoms with Gasteiger partial charge in [0, 0.05) is 6.54 Å². The summed E-state index contributed by atoms with van der Waals surface area (Å²) in [5.41, 5.74) is 2.26. The summed E-state index contributed by atoms with van der Waals surface area (Å²) < 4.78 is 10.8. The second kappa shape index (κ2) is 6.63. The van der Waals surface area contributed by atoms with Crippen LogP contribution in [0.15, 0.2) is 12.1 Å². The molecule has 1 aromatic rings. The van der Waals surface area contributed by atoms with E-state index in [-0.39, 0.29) is 17.9 Å².